The minimum atomic E-state index is 0.301. The first-order valence-corrected chi connectivity index (χ1v) is 6.11. The van der Waals surface area contributed by atoms with E-state index in [-0.39, 0.29) is 0 Å². The number of likely N-dealkylation sites (tertiary alicyclic amines) is 1. The maximum Gasteiger partial charge on any atom is 0.0587 e. The molecule has 14 heavy (non-hydrogen) atoms. The molecule has 1 fully saturated rings. The van der Waals surface area contributed by atoms with Gasteiger partial charge in [-0.3, -0.25) is 4.90 Å². The lowest BCUT2D eigenvalue weighted by Crippen LogP contribution is -2.34. The van der Waals surface area contributed by atoms with E-state index in [4.69, 9.17) is 0 Å². The molecule has 0 amide bonds. The van der Waals surface area contributed by atoms with Crippen molar-refractivity contribution in [1.29, 1.82) is 0 Å². The summed E-state index contributed by atoms with van der Waals surface area (Å²) in [6.07, 6.45) is 2.37. The van der Waals surface area contributed by atoms with Crippen molar-refractivity contribution in [2.24, 2.45) is 0 Å². The van der Waals surface area contributed by atoms with Crippen LogP contribution in [0.3, 0.4) is 0 Å². The van der Waals surface area contributed by atoms with Crippen molar-refractivity contribution in [1.82, 2.24) is 4.90 Å². The standard InChI is InChI=1S/C11H17NOS/c1-9(11-5-3-7-14-11)12-6-2-4-10(12)8-13/h3,5,7,9-10,13H,2,4,6,8H2,1H3/t9-,10-/m1/s1. The Morgan fingerprint density at radius 3 is 3.21 bits per heavy atom. The van der Waals surface area contributed by atoms with Crippen LogP contribution in [0.2, 0.25) is 0 Å². The van der Waals surface area contributed by atoms with Gasteiger partial charge >= 0.3 is 0 Å². The van der Waals surface area contributed by atoms with Crippen LogP contribution in [0.5, 0.6) is 0 Å². The van der Waals surface area contributed by atoms with Gasteiger partial charge in [0.1, 0.15) is 0 Å². The lowest BCUT2D eigenvalue weighted by atomic mass is 10.2. The number of hydrogen-bond acceptors (Lipinski definition) is 3. The summed E-state index contributed by atoms with van der Waals surface area (Å²) in [4.78, 5) is 3.83. The molecule has 1 aliphatic heterocycles. The Bertz CT molecular complexity index is 273. The predicted molar refractivity (Wildman–Crippen MR) is 59.5 cm³/mol. The number of aliphatic hydroxyl groups is 1. The fourth-order valence-corrected chi connectivity index (χ4v) is 3.06. The van der Waals surface area contributed by atoms with Gasteiger partial charge in [-0.2, -0.15) is 0 Å². The zero-order chi connectivity index (χ0) is 9.97. The lowest BCUT2D eigenvalue weighted by molar-refractivity contribution is 0.127. The summed E-state index contributed by atoms with van der Waals surface area (Å²) in [5, 5.41) is 11.4. The van der Waals surface area contributed by atoms with Gasteiger partial charge in [-0.15, -0.1) is 11.3 Å². The summed E-state index contributed by atoms with van der Waals surface area (Å²) in [5.41, 5.74) is 0. The zero-order valence-electron chi connectivity index (χ0n) is 8.52. The van der Waals surface area contributed by atoms with Crippen molar-refractivity contribution in [2.75, 3.05) is 13.2 Å². The number of rotatable bonds is 3. The predicted octanol–water partition coefficient (Wildman–Crippen LogP) is 2.27. The molecule has 2 heterocycles. The van der Waals surface area contributed by atoms with Gasteiger partial charge in [-0.1, -0.05) is 6.07 Å². The summed E-state index contributed by atoms with van der Waals surface area (Å²) in [5.74, 6) is 0. The minimum Gasteiger partial charge on any atom is -0.395 e. The topological polar surface area (TPSA) is 23.5 Å². The molecular weight excluding hydrogens is 194 g/mol. The molecule has 0 saturated carbocycles. The van der Waals surface area contributed by atoms with E-state index in [0.29, 0.717) is 18.7 Å². The summed E-state index contributed by atoms with van der Waals surface area (Å²) < 4.78 is 0. The summed E-state index contributed by atoms with van der Waals surface area (Å²) >= 11 is 1.81. The Hall–Kier alpha value is -0.380. The van der Waals surface area contributed by atoms with Gasteiger partial charge in [0.25, 0.3) is 0 Å². The molecule has 0 bridgehead atoms. The number of aliphatic hydroxyl groups excluding tert-OH is 1. The van der Waals surface area contributed by atoms with Gasteiger partial charge in [0.05, 0.1) is 6.61 Å². The first-order chi connectivity index (χ1) is 6.83. The molecule has 0 aromatic carbocycles. The maximum absolute atomic E-state index is 9.24. The second kappa shape index (κ2) is 4.43. The Morgan fingerprint density at radius 2 is 2.57 bits per heavy atom. The van der Waals surface area contributed by atoms with Crippen molar-refractivity contribution in [3.63, 3.8) is 0 Å². The van der Waals surface area contributed by atoms with Crippen LogP contribution in [0.1, 0.15) is 30.7 Å². The molecule has 0 radical (unpaired) electrons. The van der Waals surface area contributed by atoms with Gasteiger partial charge in [-0.05, 0) is 37.8 Å². The van der Waals surface area contributed by atoms with Gasteiger partial charge in [-0.25, -0.2) is 0 Å². The Balaban J connectivity index is 2.07. The number of nitrogens with zero attached hydrogens (tertiary/aromatic N) is 1. The summed E-state index contributed by atoms with van der Waals surface area (Å²) in [6.45, 7) is 3.67. The van der Waals surface area contributed by atoms with E-state index in [1.165, 1.54) is 11.3 Å². The van der Waals surface area contributed by atoms with Gasteiger partial charge in [0.2, 0.25) is 0 Å². The fourth-order valence-electron chi connectivity index (χ4n) is 2.26. The average Bonchev–Trinajstić information content (AvgIpc) is 2.87. The van der Waals surface area contributed by atoms with Crippen LogP contribution >= 0.6 is 11.3 Å². The van der Waals surface area contributed by atoms with Crippen LogP contribution in [0.4, 0.5) is 0 Å². The van der Waals surface area contributed by atoms with Gasteiger partial charge in [0, 0.05) is 17.0 Å². The van der Waals surface area contributed by atoms with E-state index in [0.717, 1.165) is 13.0 Å². The Morgan fingerprint density at radius 1 is 1.71 bits per heavy atom. The molecular formula is C11H17NOS. The first kappa shape index (κ1) is 10.1. The van der Waals surface area contributed by atoms with E-state index in [1.54, 1.807) is 0 Å². The molecule has 1 aliphatic rings. The molecule has 1 saturated heterocycles. The second-order valence-corrected chi connectivity index (χ2v) is 4.89. The van der Waals surface area contributed by atoms with Crippen LogP contribution in [-0.2, 0) is 0 Å². The average molecular weight is 211 g/mol. The summed E-state index contributed by atoms with van der Waals surface area (Å²) in [6, 6.07) is 5.13. The third kappa shape index (κ3) is 1.85. The zero-order valence-corrected chi connectivity index (χ0v) is 9.33. The maximum atomic E-state index is 9.24. The normalized spacial score (nSPS) is 25.4. The highest BCUT2D eigenvalue weighted by Gasteiger charge is 2.28. The third-order valence-corrected chi connectivity index (χ3v) is 4.13. The van der Waals surface area contributed by atoms with E-state index in [1.807, 2.05) is 11.3 Å². The molecule has 1 aromatic heterocycles. The minimum absolute atomic E-state index is 0.301. The van der Waals surface area contributed by atoms with Crippen LogP contribution in [0.25, 0.3) is 0 Å². The van der Waals surface area contributed by atoms with Crippen molar-refractivity contribution < 1.29 is 5.11 Å². The van der Waals surface area contributed by atoms with Crippen molar-refractivity contribution in [3.05, 3.63) is 22.4 Å². The van der Waals surface area contributed by atoms with Crippen LogP contribution in [0, 0.1) is 0 Å². The Kier molecular flexibility index (Phi) is 3.21. The molecule has 2 atom stereocenters. The van der Waals surface area contributed by atoms with Crippen LogP contribution < -0.4 is 0 Å². The molecule has 3 heteroatoms. The monoisotopic (exact) mass is 211 g/mol. The van der Waals surface area contributed by atoms with Crippen LogP contribution in [-0.4, -0.2) is 29.2 Å². The highest BCUT2D eigenvalue weighted by Crippen LogP contribution is 2.30. The first-order valence-electron chi connectivity index (χ1n) is 5.23. The molecule has 78 valence electrons. The fraction of sp³-hybridized carbons (Fsp3) is 0.636. The highest BCUT2D eigenvalue weighted by molar-refractivity contribution is 7.10. The largest absolute Gasteiger partial charge is 0.395 e. The quantitative estimate of drug-likeness (QED) is 0.829. The molecule has 1 aromatic rings. The molecule has 0 spiro atoms. The molecule has 2 nitrogen and oxygen atoms in total. The van der Waals surface area contributed by atoms with Crippen molar-refractivity contribution in [2.45, 2.75) is 31.8 Å². The van der Waals surface area contributed by atoms with Crippen LogP contribution in [0.15, 0.2) is 17.5 Å². The van der Waals surface area contributed by atoms with Gasteiger partial charge in [0.15, 0.2) is 0 Å². The molecule has 0 aliphatic carbocycles. The second-order valence-electron chi connectivity index (χ2n) is 3.91. The van der Waals surface area contributed by atoms with E-state index in [2.05, 4.69) is 29.3 Å². The third-order valence-electron chi connectivity index (χ3n) is 3.09. The number of thiophene rings is 1. The van der Waals surface area contributed by atoms with Crippen molar-refractivity contribution >= 4 is 11.3 Å². The SMILES string of the molecule is C[C@H](c1cccs1)N1CCC[C@@H]1CO. The Labute approximate surface area is 89.2 Å². The van der Waals surface area contributed by atoms with Gasteiger partial charge < -0.3 is 5.11 Å². The van der Waals surface area contributed by atoms with E-state index < -0.39 is 0 Å². The smallest absolute Gasteiger partial charge is 0.0587 e. The van der Waals surface area contributed by atoms with Crippen molar-refractivity contribution in [3.8, 4) is 0 Å². The number of hydrogen-bond donors (Lipinski definition) is 1. The molecule has 2 rings (SSSR count). The van der Waals surface area contributed by atoms with E-state index in [9.17, 15) is 5.11 Å². The molecule has 0 unspecified atom stereocenters. The molecule has 1 N–H and O–H groups in total. The summed E-state index contributed by atoms with van der Waals surface area (Å²) in [7, 11) is 0. The van der Waals surface area contributed by atoms with E-state index >= 15 is 0 Å². The lowest BCUT2D eigenvalue weighted by Gasteiger charge is -2.28. The highest BCUT2D eigenvalue weighted by atomic mass is 32.1.